The molecule has 1 aliphatic rings. The second-order valence-corrected chi connectivity index (χ2v) is 10.3. The molecular weight excluding hydrogens is 458 g/mol. The van der Waals surface area contributed by atoms with Gasteiger partial charge in [0.25, 0.3) is 10.0 Å². The van der Waals surface area contributed by atoms with Gasteiger partial charge in [0.2, 0.25) is 0 Å². The van der Waals surface area contributed by atoms with Crippen LogP contribution in [0.15, 0.2) is 71.6 Å². The average molecular weight is 476 g/mol. The number of halogens is 1. The highest BCUT2D eigenvalue weighted by atomic mass is 35.5. The van der Waals surface area contributed by atoms with Crippen molar-refractivity contribution in [2.24, 2.45) is 0 Å². The quantitative estimate of drug-likeness (QED) is 0.381. The van der Waals surface area contributed by atoms with Crippen LogP contribution in [0.5, 0.6) is 0 Å². The summed E-state index contributed by atoms with van der Waals surface area (Å²) in [5.74, 6) is 0.745. The van der Waals surface area contributed by atoms with E-state index in [1.54, 1.807) is 29.9 Å². The van der Waals surface area contributed by atoms with Crippen LogP contribution >= 0.6 is 11.6 Å². The van der Waals surface area contributed by atoms with Crippen LogP contribution < -0.4 is 4.31 Å². The van der Waals surface area contributed by atoms with Crippen molar-refractivity contribution >= 4 is 38.3 Å². The molecule has 0 amide bonds. The summed E-state index contributed by atoms with van der Waals surface area (Å²) in [5.41, 5.74) is 6.07. The number of nitrogens with zero attached hydrogens (tertiary/aromatic N) is 4. The van der Waals surface area contributed by atoms with Crippen LogP contribution in [-0.2, 0) is 10.0 Å². The minimum absolute atomic E-state index is 0.269. The van der Waals surface area contributed by atoms with E-state index in [4.69, 9.17) is 16.7 Å². The van der Waals surface area contributed by atoms with Crippen LogP contribution in [0.3, 0.4) is 0 Å². The normalized spacial score (nSPS) is 14.3. The van der Waals surface area contributed by atoms with Crippen molar-refractivity contribution in [3.63, 3.8) is 0 Å². The van der Waals surface area contributed by atoms with Crippen molar-refractivity contribution in [2.75, 3.05) is 11.4 Å². The number of fused-ring (bicyclic) bond motifs is 4. The third-order valence-corrected chi connectivity index (χ3v) is 8.06. The third-order valence-electron chi connectivity index (χ3n) is 6.01. The molecule has 1 N–H and O–H groups in total. The number of imidazole rings is 1. The molecule has 0 atom stereocenters. The summed E-state index contributed by atoms with van der Waals surface area (Å²) >= 11 is 6.08. The van der Waals surface area contributed by atoms with Crippen LogP contribution in [0, 0.1) is 6.92 Å². The lowest BCUT2D eigenvalue weighted by molar-refractivity contribution is 0.594. The van der Waals surface area contributed by atoms with E-state index in [1.807, 2.05) is 55.5 Å². The van der Waals surface area contributed by atoms with Gasteiger partial charge in [-0.1, -0.05) is 29.8 Å². The Bertz CT molecular complexity index is 1670. The molecule has 3 heterocycles. The predicted octanol–water partition coefficient (Wildman–Crippen LogP) is 5.18. The zero-order chi connectivity index (χ0) is 22.9. The number of rotatable bonds is 2. The van der Waals surface area contributed by atoms with Gasteiger partial charge in [0.1, 0.15) is 17.2 Å². The van der Waals surface area contributed by atoms with Crippen LogP contribution in [-0.4, -0.2) is 35.2 Å². The zero-order valence-corrected chi connectivity index (χ0v) is 19.3. The summed E-state index contributed by atoms with van der Waals surface area (Å²) in [6.45, 7) is 1.88. The lowest BCUT2D eigenvalue weighted by Gasteiger charge is -2.26. The molecule has 5 aromatic rings. The summed E-state index contributed by atoms with van der Waals surface area (Å²) in [6, 6.07) is 20.3. The Morgan fingerprint density at radius 1 is 1.00 bits per heavy atom. The van der Waals surface area contributed by atoms with Gasteiger partial charge in [-0.3, -0.25) is 4.31 Å². The third kappa shape index (κ3) is 2.91. The summed E-state index contributed by atoms with van der Waals surface area (Å²) in [6.07, 6.45) is 0. The van der Waals surface area contributed by atoms with Crippen molar-refractivity contribution < 1.29 is 8.42 Å². The molecule has 7 nitrogen and oxygen atoms in total. The molecule has 9 heteroatoms. The van der Waals surface area contributed by atoms with Gasteiger partial charge in [-0.05, 0) is 55.5 Å². The van der Waals surface area contributed by atoms with Gasteiger partial charge in [-0.15, -0.1) is 0 Å². The average Bonchev–Trinajstić information content (AvgIpc) is 3.39. The first kappa shape index (κ1) is 20.0. The van der Waals surface area contributed by atoms with E-state index in [-0.39, 0.29) is 4.90 Å². The maximum Gasteiger partial charge on any atom is 0.264 e. The van der Waals surface area contributed by atoms with Crippen molar-refractivity contribution in [1.82, 2.24) is 19.7 Å². The molecule has 0 radical (unpaired) electrons. The SMILES string of the molecule is Cc1c2c(nn1-c1ccc(-c3nc4ccc(Cl)cc4[nH]3)cc1)-c1ccccc1S(=O)(=O)N2C. The number of aromatic amines is 1. The van der Waals surface area contributed by atoms with E-state index in [9.17, 15) is 8.42 Å². The fraction of sp³-hybridized carbons (Fsp3) is 0.0833. The van der Waals surface area contributed by atoms with E-state index in [0.717, 1.165) is 33.8 Å². The monoisotopic (exact) mass is 475 g/mol. The van der Waals surface area contributed by atoms with Gasteiger partial charge in [0.05, 0.1) is 27.3 Å². The summed E-state index contributed by atoms with van der Waals surface area (Å²) < 4.78 is 29.2. The Kier molecular flexibility index (Phi) is 4.21. The first-order valence-electron chi connectivity index (χ1n) is 10.3. The molecule has 6 rings (SSSR count). The maximum absolute atomic E-state index is 13.0. The summed E-state index contributed by atoms with van der Waals surface area (Å²) in [7, 11) is -2.06. The fourth-order valence-electron chi connectivity index (χ4n) is 4.34. The molecule has 0 saturated heterocycles. The Labute approximate surface area is 195 Å². The van der Waals surface area contributed by atoms with Crippen LogP contribution in [0.25, 0.3) is 39.4 Å². The van der Waals surface area contributed by atoms with Gasteiger partial charge in [-0.2, -0.15) is 5.10 Å². The lowest BCUT2D eigenvalue weighted by Crippen LogP contribution is -2.30. The van der Waals surface area contributed by atoms with Crippen LogP contribution in [0.1, 0.15) is 5.69 Å². The van der Waals surface area contributed by atoms with E-state index < -0.39 is 10.0 Å². The summed E-state index contributed by atoms with van der Waals surface area (Å²) in [4.78, 5) is 8.20. The Morgan fingerprint density at radius 2 is 1.76 bits per heavy atom. The van der Waals surface area contributed by atoms with E-state index in [2.05, 4.69) is 9.97 Å². The highest BCUT2D eigenvalue weighted by molar-refractivity contribution is 7.93. The summed E-state index contributed by atoms with van der Waals surface area (Å²) in [5, 5.41) is 5.45. The van der Waals surface area contributed by atoms with Gasteiger partial charge >= 0.3 is 0 Å². The fourth-order valence-corrected chi connectivity index (χ4v) is 5.96. The molecule has 164 valence electrons. The topological polar surface area (TPSA) is 83.9 Å². The first-order chi connectivity index (χ1) is 15.8. The van der Waals surface area contributed by atoms with Crippen LogP contribution in [0.4, 0.5) is 5.69 Å². The standard InChI is InChI=1S/C24H18ClN5O2S/c1-14-23-22(18-5-3-4-6-21(18)33(31,32)29(23)2)28-30(14)17-10-7-15(8-11-17)24-26-19-12-9-16(25)13-20(19)27-24/h3-13H,1-2H3,(H,26,27). The lowest BCUT2D eigenvalue weighted by atomic mass is 10.1. The van der Waals surface area contributed by atoms with Gasteiger partial charge < -0.3 is 4.98 Å². The van der Waals surface area contributed by atoms with Crippen LogP contribution in [0.2, 0.25) is 5.02 Å². The predicted molar refractivity (Wildman–Crippen MR) is 129 cm³/mol. The smallest absolute Gasteiger partial charge is 0.264 e. The first-order valence-corrected chi connectivity index (χ1v) is 12.1. The highest BCUT2D eigenvalue weighted by Crippen LogP contribution is 2.43. The van der Waals surface area contributed by atoms with E-state index in [1.165, 1.54) is 4.31 Å². The number of anilines is 1. The number of nitrogens with one attached hydrogen (secondary N) is 1. The largest absolute Gasteiger partial charge is 0.338 e. The molecule has 0 saturated carbocycles. The maximum atomic E-state index is 13.0. The Balaban J connectivity index is 1.44. The number of H-pyrrole nitrogens is 1. The Morgan fingerprint density at radius 3 is 2.55 bits per heavy atom. The minimum Gasteiger partial charge on any atom is -0.338 e. The van der Waals surface area contributed by atoms with E-state index in [0.29, 0.717) is 22.0 Å². The molecule has 0 aliphatic carbocycles. The molecule has 1 aliphatic heterocycles. The van der Waals surface area contributed by atoms with Gasteiger partial charge in [0.15, 0.2) is 0 Å². The second-order valence-electron chi connectivity index (χ2n) is 7.96. The second kappa shape index (κ2) is 6.94. The number of hydrogen-bond acceptors (Lipinski definition) is 4. The minimum atomic E-state index is -3.63. The molecule has 0 spiro atoms. The number of benzene rings is 3. The zero-order valence-electron chi connectivity index (χ0n) is 17.7. The van der Waals surface area contributed by atoms with Crippen molar-refractivity contribution in [3.05, 3.63) is 77.4 Å². The molecule has 0 fully saturated rings. The van der Waals surface area contributed by atoms with Crippen molar-refractivity contribution in [1.29, 1.82) is 0 Å². The van der Waals surface area contributed by atoms with E-state index >= 15 is 0 Å². The molecule has 33 heavy (non-hydrogen) atoms. The van der Waals surface area contributed by atoms with Crippen molar-refractivity contribution in [3.8, 4) is 28.3 Å². The highest BCUT2D eigenvalue weighted by Gasteiger charge is 2.36. The molecule has 0 unspecified atom stereocenters. The molecular formula is C24H18ClN5O2S. The Hall–Kier alpha value is -3.62. The van der Waals surface area contributed by atoms with Gasteiger partial charge in [-0.25, -0.2) is 18.1 Å². The number of hydrogen-bond donors (Lipinski definition) is 1. The van der Waals surface area contributed by atoms with Crippen molar-refractivity contribution in [2.45, 2.75) is 11.8 Å². The van der Waals surface area contributed by atoms with Gasteiger partial charge in [0, 0.05) is 23.2 Å². The number of sulfonamides is 1. The molecule has 3 aromatic carbocycles. The number of aromatic nitrogens is 4. The molecule has 2 aromatic heterocycles. The molecule has 0 bridgehead atoms.